The van der Waals surface area contributed by atoms with Gasteiger partial charge >= 0.3 is 0 Å². The van der Waals surface area contributed by atoms with E-state index in [9.17, 15) is 8.42 Å². The molecule has 0 fully saturated rings. The lowest BCUT2D eigenvalue weighted by Gasteiger charge is -2.11. The van der Waals surface area contributed by atoms with Gasteiger partial charge in [0.2, 0.25) is 0 Å². The number of aromatic nitrogens is 4. The number of sulfone groups is 1. The Hall–Kier alpha value is -3.72. The summed E-state index contributed by atoms with van der Waals surface area (Å²) < 4.78 is 26.2. The third-order valence-corrected chi connectivity index (χ3v) is 6.64. The maximum Gasteiger partial charge on any atom is 0.178 e. The van der Waals surface area contributed by atoms with E-state index in [1.54, 1.807) is 37.3 Å². The van der Waals surface area contributed by atoms with Crippen LogP contribution in [0.3, 0.4) is 0 Å². The highest BCUT2D eigenvalue weighted by Gasteiger charge is 2.12. The first kappa shape index (κ1) is 21.5. The summed E-state index contributed by atoms with van der Waals surface area (Å²) in [5.74, 6) is 1.21. The van der Waals surface area contributed by atoms with Crippen molar-refractivity contribution in [3.8, 4) is 5.69 Å². The molecule has 2 aromatic carbocycles. The molecule has 4 rings (SSSR count). The number of benzene rings is 2. The molecule has 2 heterocycles. The van der Waals surface area contributed by atoms with Crippen LogP contribution in [-0.4, -0.2) is 33.9 Å². The molecule has 0 aliphatic rings. The van der Waals surface area contributed by atoms with Gasteiger partial charge in [-0.2, -0.15) is 5.10 Å². The van der Waals surface area contributed by atoms with Crippen molar-refractivity contribution in [3.05, 3.63) is 78.4 Å². The Morgan fingerprint density at radius 1 is 0.875 bits per heavy atom. The fraction of sp³-hybridized carbons (Fsp3) is 0.174. The molecule has 0 saturated carbocycles. The number of anilines is 4. The molecule has 0 saturated heterocycles. The van der Waals surface area contributed by atoms with E-state index < -0.39 is 9.84 Å². The van der Waals surface area contributed by atoms with Gasteiger partial charge in [-0.15, -0.1) is 0 Å². The van der Waals surface area contributed by atoms with E-state index in [1.807, 2.05) is 48.9 Å². The summed E-state index contributed by atoms with van der Waals surface area (Å²) in [4.78, 5) is 8.78. The molecule has 164 valence electrons. The molecule has 0 radical (unpaired) electrons. The van der Waals surface area contributed by atoms with E-state index in [4.69, 9.17) is 0 Å². The third kappa shape index (κ3) is 4.78. The van der Waals surface area contributed by atoms with Gasteiger partial charge in [-0.25, -0.2) is 23.1 Å². The van der Waals surface area contributed by atoms with Gasteiger partial charge in [0.05, 0.1) is 22.0 Å². The maximum absolute atomic E-state index is 12.1. The van der Waals surface area contributed by atoms with Gasteiger partial charge in [0.15, 0.2) is 9.84 Å². The van der Waals surface area contributed by atoms with Crippen molar-refractivity contribution in [1.82, 2.24) is 19.7 Å². The lowest BCUT2D eigenvalue weighted by Crippen LogP contribution is -2.04. The molecule has 0 amide bonds. The number of aryl methyl sites for hydroxylation is 2. The van der Waals surface area contributed by atoms with Crippen LogP contribution in [0.1, 0.15) is 18.3 Å². The molecule has 4 aromatic rings. The Bertz CT molecular complexity index is 1350. The van der Waals surface area contributed by atoms with Crippen molar-refractivity contribution in [2.24, 2.45) is 0 Å². The van der Waals surface area contributed by atoms with E-state index in [2.05, 4.69) is 25.7 Å². The molecule has 0 atom stereocenters. The summed E-state index contributed by atoms with van der Waals surface area (Å²) in [5, 5.41) is 10.9. The second kappa shape index (κ2) is 8.80. The zero-order chi connectivity index (χ0) is 22.7. The van der Waals surface area contributed by atoms with Gasteiger partial charge in [-0.3, -0.25) is 0 Å². The Labute approximate surface area is 187 Å². The summed E-state index contributed by atoms with van der Waals surface area (Å²) in [5.41, 5.74) is 4.54. The number of rotatable bonds is 7. The predicted molar refractivity (Wildman–Crippen MR) is 126 cm³/mol. The zero-order valence-corrected chi connectivity index (χ0v) is 18.9. The Balaban J connectivity index is 1.49. The first-order valence-electron chi connectivity index (χ1n) is 10.2. The molecule has 0 bridgehead atoms. The van der Waals surface area contributed by atoms with Gasteiger partial charge in [0.25, 0.3) is 0 Å². The van der Waals surface area contributed by atoms with Crippen molar-refractivity contribution < 1.29 is 8.42 Å². The van der Waals surface area contributed by atoms with Gasteiger partial charge in [0, 0.05) is 23.1 Å². The van der Waals surface area contributed by atoms with Gasteiger partial charge < -0.3 is 10.6 Å². The standard InChI is InChI=1S/C23H24N6O2S/c1-4-32(30,31)21-7-5-6-19(13-21)27-23-14-22(24-15-25-23)26-18-8-10-20(11-9-18)29-17(3)12-16(2)28-29/h5-15H,4H2,1-3H3,(H2,24,25,26,27). The normalized spacial score (nSPS) is 11.3. The summed E-state index contributed by atoms with van der Waals surface area (Å²) in [6, 6.07) is 18.4. The number of nitrogens with zero attached hydrogens (tertiary/aromatic N) is 4. The summed E-state index contributed by atoms with van der Waals surface area (Å²) in [6.45, 7) is 5.62. The van der Waals surface area contributed by atoms with Crippen LogP contribution in [0.25, 0.3) is 5.69 Å². The summed E-state index contributed by atoms with van der Waals surface area (Å²) in [6.07, 6.45) is 1.45. The lowest BCUT2D eigenvalue weighted by atomic mass is 10.2. The van der Waals surface area contributed by atoms with Gasteiger partial charge in [0.1, 0.15) is 18.0 Å². The third-order valence-electron chi connectivity index (χ3n) is 4.91. The van der Waals surface area contributed by atoms with Crippen molar-refractivity contribution >= 4 is 32.8 Å². The smallest absolute Gasteiger partial charge is 0.178 e. The van der Waals surface area contributed by atoms with Gasteiger partial charge in [-0.05, 0) is 62.4 Å². The van der Waals surface area contributed by atoms with Crippen LogP contribution in [0.5, 0.6) is 0 Å². The fourth-order valence-electron chi connectivity index (χ4n) is 3.30. The zero-order valence-electron chi connectivity index (χ0n) is 18.1. The van der Waals surface area contributed by atoms with Crippen LogP contribution >= 0.6 is 0 Å². The topological polar surface area (TPSA) is 102 Å². The van der Waals surface area contributed by atoms with Crippen LogP contribution in [0, 0.1) is 13.8 Å². The van der Waals surface area contributed by atoms with Crippen molar-refractivity contribution in [2.75, 3.05) is 16.4 Å². The molecule has 2 N–H and O–H groups in total. The molecule has 8 nitrogen and oxygen atoms in total. The predicted octanol–water partition coefficient (Wildman–Crippen LogP) is 4.56. The average molecular weight is 449 g/mol. The Morgan fingerprint density at radius 2 is 1.56 bits per heavy atom. The minimum absolute atomic E-state index is 0.0520. The average Bonchev–Trinajstić information content (AvgIpc) is 3.12. The van der Waals surface area contributed by atoms with Crippen LogP contribution in [0.15, 0.2) is 71.9 Å². The van der Waals surface area contributed by atoms with E-state index in [0.29, 0.717) is 17.3 Å². The molecule has 32 heavy (non-hydrogen) atoms. The number of hydrogen-bond acceptors (Lipinski definition) is 7. The maximum atomic E-state index is 12.1. The van der Waals surface area contributed by atoms with E-state index in [-0.39, 0.29) is 10.6 Å². The van der Waals surface area contributed by atoms with Crippen molar-refractivity contribution in [2.45, 2.75) is 25.7 Å². The monoisotopic (exact) mass is 448 g/mol. The van der Waals surface area contributed by atoms with Crippen molar-refractivity contribution in [3.63, 3.8) is 0 Å². The summed E-state index contributed by atoms with van der Waals surface area (Å²) in [7, 11) is -3.28. The van der Waals surface area contributed by atoms with Crippen LogP contribution in [0.4, 0.5) is 23.0 Å². The molecule has 9 heteroatoms. The first-order chi connectivity index (χ1) is 15.3. The van der Waals surface area contributed by atoms with E-state index in [0.717, 1.165) is 22.8 Å². The Morgan fingerprint density at radius 3 is 2.19 bits per heavy atom. The number of nitrogens with one attached hydrogen (secondary N) is 2. The largest absolute Gasteiger partial charge is 0.340 e. The van der Waals surface area contributed by atoms with Gasteiger partial charge in [-0.1, -0.05) is 13.0 Å². The van der Waals surface area contributed by atoms with E-state index >= 15 is 0 Å². The second-order valence-electron chi connectivity index (χ2n) is 7.36. The summed E-state index contributed by atoms with van der Waals surface area (Å²) >= 11 is 0. The van der Waals surface area contributed by atoms with Crippen molar-refractivity contribution in [1.29, 1.82) is 0 Å². The highest BCUT2D eigenvalue weighted by Crippen LogP contribution is 2.23. The molecule has 0 aliphatic heterocycles. The minimum Gasteiger partial charge on any atom is -0.340 e. The quantitative estimate of drug-likeness (QED) is 0.427. The fourth-order valence-corrected chi connectivity index (χ4v) is 4.23. The highest BCUT2D eigenvalue weighted by atomic mass is 32.2. The van der Waals surface area contributed by atoms with Crippen LogP contribution < -0.4 is 10.6 Å². The molecule has 0 unspecified atom stereocenters. The first-order valence-corrected chi connectivity index (χ1v) is 11.8. The molecular weight excluding hydrogens is 424 g/mol. The molecular formula is C23H24N6O2S. The number of hydrogen-bond donors (Lipinski definition) is 2. The highest BCUT2D eigenvalue weighted by molar-refractivity contribution is 7.91. The Kier molecular flexibility index (Phi) is 5.91. The minimum atomic E-state index is -3.28. The molecule has 0 aliphatic carbocycles. The van der Waals surface area contributed by atoms with E-state index in [1.165, 1.54) is 6.33 Å². The van der Waals surface area contributed by atoms with Crippen LogP contribution in [0.2, 0.25) is 0 Å². The molecule has 2 aromatic heterocycles. The molecule has 0 spiro atoms. The lowest BCUT2D eigenvalue weighted by molar-refractivity contribution is 0.597. The second-order valence-corrected chi connectivity index (χ2v) is 9.63. The SMILES string of the molecule is CCS(=O)(=O)c1cccc(Nc2cc(Nc3ccc(-n4nc(C)cc4C)cc3)ncn2)c1. The van der Waals surface area contributed by atoms with Crippen LogP contribution in [-0.2, 0) is 9.84 Å².